The summed E-state index contributed by atoms with van der Waals surface area (Å²) in [6.07, 6.45) is -1.40. The number of aliphatic hydroxyl groups is 2. The molecule has 2 atom stereocenters. The first-order valence-electron chi connectivity index (χ1n) is 10.4. The van der Waals surface area contributed by atoms with Gasteiger partial charge in [-0.2, -0.15) is 10.5 Å². The third kappa shape index (κ3) is 8.54. The minimum atomic E-state index is -0.698. The minimum Gasteiger partial charge on any atom is -0.489 e. The van der Waals surface area contributed by atoms with Gasteiger partial charge in [0.1, 0.15) is 49.1 Å². The standard InChI is InChI=1S/C24H30N4O4/c1-27(15-21(29)17-31-23-9-5-3-7-19(23)13-25)11-12-28(2)16-22(30)18-32-24-10-6-4-8-20(24)14-26/h3-10,21-22,29-30H,11-12,15-18H2,1-2H3. The Morgan fingerprint density at radius 1 is 0.750 bits per heavy atom. The number of likely N-dealkylation sites (N-methyl/N-ethyl adjacent to an activating group) is 2. The van der Waals surface area contributed by atoms with E-state index in [1.54, 1.807) is 48.5 Å². The maximum atomic E-state index is 10.2. The molecule has 0 radical (unpaired) electrons. The van der Waals surface area contributed by atoms with Crippen molar-refractivity contribution in [2.45, 2.75) is 12.2 Å². The highest BCUT2D eigenvalue weighted by Crippen LogP contribution is 2.17. The molecular weight excluding hydrogens is 408 g/mol. The Labute approximate surface area is 189 Å². The van der Waals surface area contributed by atoms with Gasteiger partial charge in [0.2, 0.25) is 0 Å². The highest BCUT2D eigenvalue weighted by molar-refractivity contribution is 5.43. The number of benzene rings is 2. The fraction of sp³-hybridized carbons (Fsp3) is 0.417. The number of hydrogen-bond donors (Lipinski definition) is 2. The average molecular weight is 439 g/mol. The average Bonchev–Trinajstić information content (AvgIpc) is 2.80. The maximum absolute atomic E-state index is 10.2. The molecule has 2 aromatic carbocycles. The van der Waals surface area contributed by atoms with E-state index in [-0.39, 0.29) is 13.2 Å². The zero-order valence-electron chi connectivity index (χ0n) is 18.5. The molecule has 0 fully saturated rings. The fourth-order valence-corrected chi connectivity index (χ4v) is 3.09. The van der Waals surface area contributed by atoms with Gasteiger partial charge in [-0.1, -0.05) is 24.3 Å². The van der Waals surface area contributed by atoms with Crippen LogP contribution in [0.3, 0.4) is 0 Å². The van der Waals surface area contributed by atoms with Gasteiger partial charge in [-0.15, -0.1) is 0 Å². The van der Waals surface area contributed by atoms with Gasteiger partial charge in [0.15, 0.2) is 0 Å². The second-order valence-corrected chi connectivity index (χ2v) is 7.67. The minimum absolute atomic E-state index is 0.0963. The maximum Gasteiger partial charge on any atom is 0.137 e. The molecule has 8 nitrogen and oxygen atoms in total. The molecule has 0 bridgehead atoms. The molecule has 2 N–H and O–H groups in total. The molecule has 0 heterocycles. The summed E-state index contributed by atoms with van der Waals surface area (Å²) >= 11 is 0. The largest absolute Gasteiger partial charge is 0.489 e. The van der Waals surface area contributed by atoms with Gasteiger partial charge in [0.25, 0.3) is 0 Å². The van der Waals surface area contributed by atoms with Crippen LogP contribution in [0.2, 0.25) is 0 Å². The monoisotopic (exact) mass is 438 g/mol. The summed E-state index contributed by atoms with van der Waals surface area (Å²) < 4.78 is 11.1. The number of para-hydroxylation sites is 2. The zero-order chi connectivity index (χ0) is 23.3. The molecule has 0 saturated heterocycles. The molecule has 0 spiro atoms. The molecule has 0 saturated carbocycles. The molecule has 0 aromatic heterocycles. The van der Waals surface area contributed by atoms with Crippen molar-refractivity contribution in [3.8, 4) is 23.6 Å². The molecule has 2 unspecified atom stereocenters. The summed E-state index contributed by atoms with van der Waals surface area (Å²) in [7, 11) is 3.80. The van der Waals surface area contributed by atoms with Gasteiger partial charge in [-0.25, -0.2) is 0 Å². The quantitative estimate of drug-likeness (QED) is 0.483. The number of aliphatic hydroxyl groups excluding tert-OH is 2. The van der Waals surface area contributed by atoms with Gasteiger partial charge in [0.05, 0.1) is 11.1 Å². The van der Waals surface area contributed by atoms with Crippen LogP contribution in [0.25, 0.3) is 0 Å². The number of hydrogen-bond acceptors (Lipinski definition) is 8. The molecular formula is C24H30N4O4. The molecule has 170 valence electrons. The van der Waals surface area contributed by atoms with Crippen LogP contribution in [-0.4, -0.2) is 85.7 Å². The van der Waals surface area contributed by atoms with E-state index >= 15 is 0 Å². The smallest absolute Gasteiger partial charge is 0.137 e. The van der Waals surface area contributed by atoms with Gasteiger partial charge >= 0.3 is 0 Å². The first-order valence-corrected chi connectivity index (χ1v) is 10.4. The Morgan fingerprint density at radius 2 is 1.12 bits per heavy atom. The van der Waals surface area contributed by atoms with Crippen LogP contribution >= 0.6 is 0 Å². The Hall–Kier alpha value is -3.14. The lowest BCUT2D eigenvalue weighted by Gasteiger charge is -2.25. The summed E-state index contributed by atoms with van der Waals surface area (Å²) in [5, 5.41) is 38.6. The molecule has 0 amide bonds. The lowest BCUT2D eigenvalue weighted by atomic mass is 10.2. The van der Waals surface area contributed by atoms with Crippen LogP contribution in [0.5, 0.6) is 11.5 Å². The predicted octanol–water partition coefficient (Wildman–Crippen LogP) is 1.47. The van der Waals surface area contributed by atoms with E-state index in [0.29, 0.717) is 48.8 Å². The van der Waals surface area contributed by atoms with Gasteiger partial charge in [-0.05, 0) is 38.4 Å². The van der Waals surface area contributed by atoms with Crippen molar-refractivity contribution in [1.29, 1.82) is 10.5 Å². The fourth-order valence-electron chi connectivity index (χ4n) is 3.09. The summed E-state index contributed by atoms with van der Waals surface area (Å²) in [5.41, 5.74) is 0.877. The van der Waals surface area contributed by atoms with Crippen molar-refractivity contribution in [3.05, 3.63) is 59.7 Å². The highest BCUT2D eigenvalue weighted by atomic mass is 16.5. The SMILES string of the molecule is CN(CCN(C)CC(O)COc1ccccc1C#N)CC(O)COc1ccccc1C#N. The van der Waals surface area contributed by atoms with Gasteiger partial charge < -0.3 is 29.5 Å². The van der Waals surface area contributed by atoms with Gasteiger partial charge in [0, 0.05) is 26.2 Å². The molecule has 0 aliphatic carbocycles. The van der Waals surface area contributed by atoms with Crippen LogP contribution in [0.4, 0.5) is 0 Å². The molecule has 0 aliphatic heterocycles. The third-order valence-electron chi connectivity index (χ3n) is 4.79. The second-order valence-electron chi connectivity index (χ2n) is 7.67. The molecule has 32 heavy (non-hydrogen) atoms. The second kappa shape index (κ2) is 13.3. The van der Waals surface area contributed by atoms with E-state index in [1.165, 1.54) is 0 Å². The zero-order valence-corrected chi connectivity index (χ0v) is 18.5. The molecule has 2 rings (SSSR count). The van der Waals surface area contributed by atoms with E-state index in [2.05, 4.69) is 12.1 Å². The molecule has 8 heteroatoms. The van der Waals surface area contributed by atoms with Crippen molar-refractivity contribution < 1.29 is 19.7 Å². The van der Waals surface area contributed by atoms with Crippen molar-refractivity contribution in [2.75, 3.05) is 53.5 Å². The number of nitriles is 2. The Morgan fingerprint density at radius 3 is 1.50 bits per heavy atom. The number of rotatable bonds is 13. The first kappa shape index (κ1) is 25.1. The van der Waals surface area contributed by atoms with Crippen LogP contribution in [0, 0.1) is 22.7 Å². The van der Waals surface area contributed by atoms with Crippen LogP contribution < -0.4 is 9.47 Å². The van der Waals surface area contributed by atoms with E-state index in [1.807, 2.05) is 23.9 Å². The lowest BCUT2D eigenvalue weighted by Crippen LogP contribution is -2.40. The van der Waals surface area contributed by atoms with Crippen molar-refractivity contribution >= 4 is 0 Å². The third-order valence-corrected chi connectivity index (χ3v) is 4.79. The van der Waals surface area contributed by atoms with Crippen LogP contribution in [0.1, 0.15) is 11.1 Å². The predicted molar refractivity (Wildman–Crippen MR) is 120 cm³/mol. The van der Waals surface area contributed by atoms with E-state index < -0.39 is 12.2 Å². The van der Waals surface area contributed by atoms with Crippen LogP contribution in [0.15, 0.2) is 48.5 Å². The van der Waals surface area contributed by atoms with Crippen LogP contribution in [-0.2, 0) is 0 Å². The Kier molecular flexibility index (Phi) is 10.5. The molecule has 2 aromatic rings. The number of ether oxygens (including phenoxy) is 2. The normalized spacial score (nSPS) is 12.8. The highest BCUT2D eigenvalue weighted by Gasteiger charge is 2.14. The Balaban J connectivity index is 1.65. The topological polar surface area (TPSA) is 113 Å². The lowest BCUT2D eigenvalue weighted by molar-refractivity contribution is 0.0616. The Bertz CT molecular complexity index is 849. The van der Waals surface area contributed by atoms with Gasteiger partial charge in [-0.3, -0.25) is 0 Å². The van der Waals surface area contributed by atoms with Crippen molar-refractivity contribution in [2.24, 2.45) is 0 Å². The van der Waals surface area contributed by atoms with E-state index in [0.717, 1.165) is 0 Å². The first-order chi connectivity index (χ1) is 15.4. The summed E-state index contributed by atoms with van der Waals surface area (Å²) in [4.78, 5) is 3.96. The van der Waals surface area contributed by atoms with E-state index in [4.69, 9.17) is 20.0 Å². The number of nitrogens with zero attached hydrogens (tertiary/aromatic N) is 4. The van der Waals surface area contributed by atoms with Crippen molar-refractivity contribution in [1.82, 2.24) is 9.80 Å². The summed E-state index contributed by atoms with van der Waals surface area (Å²) in [6, 6.07) is 18.0. The van der Waals surface area contributed by atoms with Crippen molar-refractivity contribution in [3.63, 3.8) is 0 Å². The summed E-state index contributed by atoms with van der Waals surface area (Å²) in [6.45, 7) is 2.40. The van der Waals surface area contributed by atoms with E-state index in [9.17, 15) is 10.2 Å². The molecule has 0 aliphatic rings. The summed E-state index contributed by atoms with van der Waals surface area (Å²) in [5.74, 6) is 0.926.